The van der Waals surface area contributed by atoms with Crippen LogP contribution in [0, 0.1) is 45.8 Å². The van der Waals surface area contributed by atoms with Gasteiger partial charge >= 0.3 is 0 Å². The number of ether oxygens (including phenoxy) is 3. The maximum atomic E-state index is 14.4. The van der Waals surface area contributed by atoms with E-state index in [-0.39, 0.29) is 35.9 Å². The molecule has 0 aromatic rings. The molecule has 2 heterocycles. The van der Waals surface area contributed by atoms with Crippen LogP contribution < -0.4 is 0 Å². The fraction of sp³-hybridized carbons (Fsp3) is 0.852. The van der Waals surface area contributed by atoms with E-state index in [4.69, 9.17) is 14.2 Å². The monoisotopic (exact) mass is 490 g/mol. The summed E-state index contributed by atoms with van der Waals surface area (Å²) in [5.74, 6) is -4.98. The van der Waals surface area contributed by atoms with E-state index in [2.05, 4.69) is 6.58 Å². The Morgan fingerprint density at radius 3 is 2.54 bits per heavy atom. The van der Waals surface area contributed by atoms with Gasteiger partial charge in [0.2, 0.25) is 5.79 Å². The molecule has 5 aliphatic carbocycles. The summed E-state index contributed by atoms with van der Waals surface area (Å²) in [4.78, 5) is 28.4. The Morgan fingerprint density at radius 1 is 1.23 bits per heavy atom. The summed E-state index contributed by atoms with van der Waals surface area (Å²) in [5.41, 5.74) is -2.04. The van der Waals surface area contributed by atoms with Crippen LogP contribution in [0.25, 0.3) is 0 Å². The molecular formula is C27H38O8. The molecule has 11 atom stereocenters. The molecule has 7 rings (SSSR count). The van der Waals surface area contributed by atoms with Crippen LogP contribution in [-0.2, 0) is 23.8 Å². The third-order valence-corrected chi connectivity index (χ3v) is 10.6. The van der Waals surface area contributed by atoms with E-state index >= 15 is 0 Å². The molecule has 3 N–H and O–H groups in total. The van der Waals surface area contributed by atoms with Gasteiger partial charge in [0, 0.05) is 11.8 Å². The first kappa shape index (κ1) is 24.2. The van der Waals surface area contributed by atoms with E-state index in [0.29, 0.717) is 19.3 Å². The van der Waals surface area contributed by atoms with Crippen molar-refractivity contribution >= 4 is 11.6 Å². The molecule has 0 aromatic heterocycles. The standard InChI is InChI=1S/C27H38O8/c1-7-16(28)34-14-10-23(3,4)19-22(31)27(35-24(5,6)32)26-15(25(19,11-33-27)20(14)29)9-8-13-12(2)17(18(13)26)21(26)30/h13-19,22,28,31-32H,2,7-11H2,1,3-6H3/t13-,14+,15-,16-,17?,18-,19+,22-,25-,26+,27-/m0/s1. The number of hydrogen-bond acceptors (Lipinski definition) is 8. The Kier molecular flexibility index (Phi) is 4.72. The van der Waals surface area contributed by atoms with Gasteiger partial charge in [0.05, 0.1) is 17.4 Å². The van der Waals surface area contributed by atoms with Gasteiger partial charge in [-0.1, -0.05) is 32.9 Å². The molecular weight excluding hydrogens is 452 g/mol. The summed E-state index contributed by atoms with van der Waals surface area (Å²) < 4.78 is 18.5. The molecule has 8 nitrogen and oxygen atoms in total. The highest BCUT2D eigenvalue weighted by molar-refractivity contribution is 6.03. The first-order valence-electron chi connectivity index (χ1n) is 13.1. The molecule has 194 valence electrons. The summed E-state index contributed by atoms with van der Waals surface area (Å²) in [7, 11) is 0. The molecule has 2 aliphatic heterocycles. The number of fused-ring (bicyclic) bond motifs is 1. The molecule has 0 aromatic carbocycles. The van der Waals surface area contributed by atoms with Gasteiger partial charge in [0.25, 0.3) is 0 Å². The minimum atomic E-state index is -1.74. The zero-order valence-electron chi connectivity index (χ0n) is 21.2. The maximum absolute atomic E-state index is 14.4. The van der Waals surface area contributed by atoms with Crippen molar-refractivity contribution < 1.29 is 39.1 Å². The number of rotatable bonds is 5. The highest BCUT2D eigenvalue weighted by atomic mass is 16.8. The minimum absolute atomic E-state index is 0.0160. The quantitative estimate of drug-likeness (QED) is 0.395. The predicted molar refractivity (Wildman–Crippen MR) is 122 cm³/mol. The third-order valence-electron chi connectivity index (χ3n) is 10.6. The number of aliphatic hydroxyl groups is 3. The lowest BCUT2D eigenvalue weighted by Crippen LogP contribution is -2.93. The second-order valence-electron chi connectivity index (χ2n) is 13.1. The van der Waals surface area contributed by atoms with Gasteiger partial charge in [-0.05, 0) is 62.7 Å². The summed E-state index contributed by atoms with van der Waals surface area (Å²) in [5, 5.41) is 33.2. The number of aliphatic hydroxyl groups excluding tert-OH is 2. The van der Waals surface area contributed by atoms with Gasteiger partial charge in [-0.2, -0.15) is 0 Å². The Labute approximate surface area is 206 Å². The molecule has 2 spiro atoms. The van der Waals surface area contributed by atoms with E-state index in [1.807, 2.05) is 13.8 Å². The van der Waals surface area contributed by atoms with Crippen LogP contribution in [0.2, 0.25) is 0 Å². The third kappa shape index (κ3) is 2.45. The lowest BCUT2D eigenvalue weighted by atomic mass is 9.23. The molecule has 7 aliphatic rings. The lowest BCUT2D eigenvalue weighted by molar-refractivity contribution is -0.495. The molecule has 5 saturated carbocycles. The minimum Gasteiger partial charge on any atom is -0.387 e. The number of ketones is 2. The van der Waals surface area contributed by atoms with Crippen molar-refractivity contribution in [2.75, 3.05) is 6.61 Å². The van der Waals surface area contributed by atoms with Gasteiger partial charge in [0.1, 0.15) is 12.2 Å². The van der Waals surface area contributed by atoms with Gasteiger partial charge < -0.3 is 29.5 Å². The van der Waals surface area contributed by atoms with Crippen molar-refractivity contribution in [3.63, 3.8) is 0 Å². The second kappa shape index (κ2) is 6.83. The first-order chi connectivity index (χ1) is 16.2. The van der Waals surface area contributed by atoms with Crippen molar-refractivity contribution in [2.45, 2.75) is 90.4 Å². The fourth-order valence-electron chi connectivity index (χ4n) is 9.74. The first-order valence-corrected chi connectivity index (χ1v) is 13.1. The summed E-state index contributed by atoms with van der Waals surface area (Å²) in [6, 6.07) is 0. The van der Waals surface area contributed by atoms with Crippen molar-refractivity contribution in [2.24, 2.45) is 45.8 Å². The predicted octanol–water partition coefficient (Wildman–Crippen LogP) is 1.95. The Bertz CT molecular complexity index is 1010. The van der Waals surface area contributed by atoms with Gasteiger partial charge in [-0.15, -0.1) is 0 Å². The smallest absolute Gasteiger partial charge is 0.211 e. The number of hydrogen-bond donors (Lipinski definition) is 3. The van der Waals surface area contributed by atoms with Crippen molar-refractivity contribution in [1.29, 1.82) is 0 Å². The Morgan fingerprint density at radius 2 is 1.91 bits per heavy atom. The number of carbonyl (C=O) groups is 2. The van der Waals surface area contributed by atoms with E-state index in [0.717, 1.165) is 12.0 Å². The SMILES string of the molecule is C=C1C2C(=O)[C@]34[C@H]2[C@H]1CC[C@H]3[C@@]12CO[C@]4(OC(C)(C)O)[C@@H](O)[C@@H]1C(C)(C)C[C@@H](O[C@H](O)CC)C2=O. The molecule has 2 saturated heterocycles. The maximum Gasteiger partial charge on any atom is 0.211 e. The van der Waals surface area contributed by atoms with Gasteiger partial charge in [0.15, 0.2) is 23.6 Å². The molecule has 35 heavy (non-hydrogen) atoms. The van der Waals surface area contributed by atoms with Crippen LogP contribution in [0.1, 0.15) is 60.3 Å². The van der Waals surface area contributed by atoms with Crippen molar-refractivity contribution in [1.82, 2.24) is 0 Å². The van der Waals surface area contributed by atoms with Crippen LogP contribution in [0.3, 0.4) is 0 Å². The summed E-state index contributed by atoms with van der Waals surface area (Å²) >= 11 is 0. The number of carbonyl (C=O) groups excluding carboxylic acids is 2. The second-order valence-corrected chi connectivity index (χ2v) is 13.1. The van der Waals surface area contributed by atoms with E-state index in [9.17, 15) is 24.9 Å². The zero-order chi connectivity index (χ0) is 25.5. The van der Waals surface area contributed by atoms with E-state index in [1.54, 1.807) is 6.92 Å². The lowest BCUT2D eigenvalue weighted by Gasteiger charge is -2.83. The van der Waals surface area contributed by atoms with Crippen LogP contribution in [0.15, 0.2) is 12.2 Å². The number of allylic oxidation sites excluding steroid dienone is 1. The average molecular weight is 491 g/mol. The summed E-state index contributed by atoms with van der Waals surface area (Å²) in [6.07, 6.45) is -1.13. The normalized spacial score (nSPS) is 52.1. The van der Waals surface area contributed by atoms with Crippen LogP contribution in [-0.4, -0.2) is 63.6 Å². The molecule has 2 bridgehead atoms. The largest absolute Gasteiger partial charge is 0.387 e. The number of Topliss-reactive ketones (excluding diaryl/α,β-unsaturated/α-hetero) is 2. The molecule has 1 unspecified atom stereocenters. The molecule has 0 radical (unpaired) electrons. The van der Waals surface area contributed by atoms with Crippen LogP contribution in [0.4, 0.5) is 0 Å². The van der Waals surface area contributed by atoms with Crippen molar-refractivity contribution in [3.05, 3.63) is 12.2 Å². The van der Waals surface area contributed by atoms with E-state index < -0.39 is 58.2 Å². The highest BCUT2D eigenvalue weighted by Crippen LogP contribution is 2.84. The van der Waals surface area contributed by atoms with Crippen LogP contribution >= 0.6 is 0 Å². The van der Waals surface area contributed by atoms with Gasteiger partial charge in [-0.25, -0.2) is 0 Å². The Balaban J connectivity index is 1.56. The molecule has 7 fully saturated rings. The van der Waals surface area contributed by atoms with Crippen molar-refractivity contribution in [3.8, 4) is 0 Å². The molecule has 8 heteroatoms. The molecule has 0 amide bonds. The zero-order valence-corrected chi connectivity index (χ0v) is 21.2. The topological polar surface area (TPSA) is 123 Å². The Hall–Kier alpha value is -1.16. The van der Waals surface area contributed by atoms with E-state index in [1.165, 1.54) is 13.8 Å². The summed E-state index contributed by atoms with van der Waals surface area (Å²) in [6.45, 7) is 12.9. The average Bonchev–Trinajstić information content (AvgIpc) is 2.75. The van der Waals surface area contributed by atoms with Gasteiger partial charge in [-0.3, -0.25) is 9.59 Å². The fourth-order valence-corrected chi connectivity index (χ4v) is 9.74. The highest BCUT2D eigenvalue weighted by Gasteiger charge is 2.93. The van der Waals surface area contributed by atoms with Crippen LogP contribution in [0.5, 0.6) is 0 Å².